The van der Waals surface area contributed by atoms with E-state index in [1.54, 1.807) is 0 Å². The fourth-order valence-electron chi connectivity index (χ4n) is 1.82. The van der Waals surface area contributed by atoms with Gasteiger partial charge in [-0.1, -0.05) is 71.9 Å². The Morgan fingerprint density at radius 2 is 1.33 bits per heavy atom. The highest BCUT2D eigenvalue weighted by Crippen LogP contribution is 2.30. The van der Waals surface area contributed by atoms with Gasteiger partial charge in [0, 0.05) is 6.54 Å². The number of rotatable bonds is 2. The third kappa shape index (κ3) is 3.99. The monoisotopic (exact) mass is 245 g/mol. The summed E-state index contributed by atoms with van der Waals surface area (Å²) in [7, 11) is 0. The van der Waals surface area contributed by atoms with Crippen molar-refractivity contribution in [2.24, 2.45) is 5.73 Å². The zero-order chi connectivity index (χ0) is 14.0. The van der Waals surface area contributed by atoms with Gasteiger partial charge in [0.05, 0.1) is 0 Å². The first-order valence-corrected chi connectivity index (χ1v) is 6.67. The van der Waals surface area contributed by atoms with Crippen molar-refractivity contribution in [1.82, 2.24) is 0 Å². The van der Waals surface area contributed by atoms with E-state index in [4.69, 9.17) is 5.73 Å². The summed E-state index contributed by atoms with van der Waals surface area (Å²) in [6, 6.07) is 6.86. The highest BCUT2D eigenvalue weighted by Gasteiger charge is 2.19. The first-order chi connectivity index (χ1) is 8.14. The maximum atomic E-state index is 5.54. The molecule has 1 aromatic carbocycles. The topological polar surface area (TPSA) is 26.0 Å². The summed E-state index contributed by atoms with van der Waals surface area (Å²) in [4.78, 5) is 0. The van der Waals surface area contributed by atoms with Gasteiger partial charge in [0.15, 0.2) is 0 Å². The lowest BCUT2D eigenvalue weighted by Crippen LogP contribution is -2.16. The Morgan fingerprint density at radius 3 is 1.67 bits per heavy atom. The van der Waals surface area contributed by atoms with Crippen LogP contribution in [0, 0.1) is 0 Å². The van der Waals surface area contributed by atoms with Crippen LogP contribution >= 0.6 is 0 Å². The quantitative estimate of drug-likeness (QED) is 0.828. The minimum Gasteiger partial charge on any atom is -0.327 e. The Morgan fingerprint density at radius 1 is 0.889 bits per heavy atom. The summed E-state index contributed by atoms with van der Waals surface area (Å²) < 4.78 is 0. The fourth-order valence-corrected chi connectivity index (χ4v) is 1.82. The molecule has 0 heterocycles. The molecular formula is C17H27N. The van der Waals surface area contributed by atoms with Crippen molar-refractivity contribution in [2.45, 2.75) is 52.4 Å². The lowest BCUT2D eigenvalue weighted by atomic mass is 9.79. The predicted molar refractivity (Wildman–Crippen MR) is 81.9 cm³/mol. The normalized spacial score (nSPS) is 13.3. The van der Waals surface area contributed by atoms with E-state index in [1.165, 1.54) is 16.7 Å². The molecule has 0 amide bonds. The Balaban J connectivity index is 3.34. The number of hydrogen-bond acceptors (Lipinski definition) is 1. The summed E-state index contributed by atoms with van der Waals surface area (Å²) in [5.41, 5.74) is 9.89. The molecule has 1 rings (SSSR count). The molecule has 0 saturated heterocycles. The third-order valence-electron chi connectivity index (χ3n) is 3.13. The van der Waals surface area contributed by atoms with Crippen LogP contribution in [-0.2, 0) is 10.8 Å². The van der Waals surface area contributed by atoms with Crippen LogP contribution in [-0.4, -0.2) is 6.54 Å². The molecule has 0 aliphatic heterocycles. The van der Waals surface area contributed by atoms with Crippen LogP contribution in [0.25, 0.3) is 6.08 Å². The van der Waals surface area contributed by atoms with Gasteiger partial charge in [0.1, 0.15) is 0 Å². The summed E-state index contributed by atoms with van der Waals surface area (Å²) in [6.45, 7) is 14.1. The van der Waals surface area contributed by atoms with Crippen molar-refractivity contribution in [3.05, 3.63) is 41.0 Å². The van der Waals surface area contributed by atoms with Gasteiger partial charge in [-0.25, -0.2) is 0 Å². The van der Waals surface area contributed by atoms with Gasteiger partial charge < -0.3 is 5.73 Å². The summed E-state index contributed by atoms with van der Waals surface area (Å²) in [6.07, 6.45) is 4.12. The van der Waals surface area contributed by atoms with Crippen LogP contribution < -0.4 is 5.73 Å². The van der Waals surface area contributed by atoms with Gasteiger partial charge >= 0.3 is 0 Å². The third-order valence-corrected chi connectivity index (χ3v) is 3.13. The van der Waals surface area contributed by atoms with Crippen molar-refractivity contribution < 1.29 is 0 Å². The molecule has 0 unspecified atom stereocenters. The van der Waals surface area contributed by atoms with E-state index in [0.29, 0.717) is 6.54 Å². The second-order valence-electron chi connectivity index (χ2n) is 6.98. The molecule has 0 spiro atoms. The molecule has 0 aromatic heterocycles. The van der Waals surface area contributed by atoms with Crippen molar-refractivity contribution in [1.29, 1.82) is 0 Å². The van der Waals surface area contributed by atoms with Crippen molar-refractivity contribution >= 4 is 6.08 Å². The van der Waals surface area contributed by atoms with E-state index in [-0.39, 0.29) is 10.8 Å². The number of nitrogens with two attached hydrogens (primary N) is 1. The van der Waals surface area contributed by atoms with Crippen molar-refractivity contribution in [2.75, 3.05) is 6.54 Å². The van der Waals surface area contributed by atoms with Crippen LogP contribution in [0.1, 0.15) is 58.2 Å². The lowest BCUT2D eigenvalue weighted by molar-refractivity contribution is 0.568. The SMILES string of the molecule is CC(C)(C)c1cc(C=CCN)cc(C(C)(C)C)c1. The predicted octanol–water partition coefficient (Wildman–Crippen LogP) is 4.25. The van der Waals surface area contributed by atoms with Gasteiger partial charge in [0.25, 0.3) is 0 Å². The molecule has 2 N–H and O–H groups in total. The maximum Gasteiger partial charge on any atom is 0.0110 e. The minimum atomic E-state index is 0.173. The molecule has 18 heavy (non-hydrogen) atoms. The first-order valence-electron chi connectivity index (χ1n) is 6.67. The highest BCUT2D eigenvalue weighted by molar-refractivity contribution is 5.54. The molecule has 0 radical (unpaired) electrons. The Hall–Kier alpha value is -1.08. The van der Waals surface area contributed by atoms with Gasteiger partial charge in [-0.05, 0) is 27.5 Å². The van der Waals surface area contributed by atoms with Crippen LogP contribution in [0.2, 0.25) is 0 Å². The van der Waals surface area contributed by atoms with E-state index in [2.05, 4.69) is 65.8 Å². The Kier molecular flexibility index (Phi) is 4.39. The first kappa shape index (κ1) is 15.0. The second-order valence-corrected chi connectivity index (χ2v) is 6.98. The summed E-state index contributed by atoms with van der Waals surface area (Å²) in [5.74, 6) is 0. The molecule has 0 atom stereocenters. The largest absolute Gasteiger partial charge is 0.327 e. The molecule has 1 nitrogen and oxygen atoms in total. The maximum absolute atomic E-state index is 5.54. The Bertz CT molecular complexity index is 396. The van der Waals surface area contributed by atoms with Crippen LogP contribution in [0.5, 0.6) is 0 Å². The van der Waals surface area contributed by atoms with Gasteiger partial charge in [-0.3, -0.25) is 0 Å². The molecule has 100 valence electrons. The lowest BCUT2D eigenvalue weighted by Gasteiger charge is -2.25. The van der Waals surface area contributed by atoms with Crippen LogP contribution in [0.15, 0.2) is 24.3 Å². The average Bonchev–Trinajstić information content (AvgIpc) is 2.23. The molecule has 0 aliphatic rings. The van der Waals surface area contributed by atoms with Crippen LogP contribution in [0.3, 0.4) is 0 Å². The van der Waals surface area contributed by atoms with Gasteiger partial charge in [-0.2, -0.15) is 0 Å². The molecule has 0 saturated carbocycles. The Labute approximate surface area is 112 Å². The van der Waals surface area contributed by atoms with Crippen molar-refractivity contribution in [3.8, 4) is 0 Å². The van der Waals surface area contributed by atoms with Crippen LogP contribution in [0.4, 0.5) is 0 Å². The molecule has 0 bridgehead atoms. The van der Waals surface area contributed by atoms with E-state index in [1.807, 2.05) is 6.08 Å². The van der Waals surface area contributed by atoms with E-state index >= 15 is 0 Å². The molecule has 1 heteroatoms. The smallest absolute Gasteiger partial charge is 0.0110 e. The minimum absolute atomic E-state index is 0.173. The molecule has 1 aromatic rings. The van der Waals surface area contributed by atoms with Gasteiger partial charge in [-0.15, -0.1) is 0 Å². The van der Waals surface area contributed by atoms with Gasteiger partial charge in [0.2, 0.25) is 0 Å². The van der Waals surface area contributed by atoms with Crippen molar-refractivity contribution in [3.63, 3.8) is 0 Å². The standard InChI is InChI=1S/C17H27N/c1-16(2,3)14-10-13(8-7-9-18)11-15(12-14)17(4,5)6/h7-8,10-12H,9,18H2,1-6H3. The molecular weight excluding hydrogens is 218 g/mol. The highest BCUT2D eigenvalue weighted by atomic mass is 14.5. The van der Waals surface area contributed by atoms with E-state index in [9.17, 15) is 0 Å². The van der Waals surface area contributed by atoms with E-state index in [0.717, 1.165) is 0 Å². The number of hydrogen-bond donors (Lipinski definition) is 1. The second kappa shape index (κ2) is 5.27. The fraction of sp³-hybridized carbons (Fsp3) is 0.529. The summed E-state index contributed by atoms with van der Waals surface area (Å²) in [5, 5.41) is 0. The molecule has 0 fully saturated rings. The summed E-state index contributed by atoms with van der Waals surface area (Å²) >= 11 is 0. The zero-order valence-electron chi connectivity index (χ0n) is 12.7. The zero-order valence-corrected chi connectivity index (χ0v) is 12.7. The average molecular weight is 245 g/mol. The molecule has 0 aliphatic carbocycles. The number of benzene rings is 1. The van der Waals surface area contributed by atoms with E-state index < -0.39 is 0 Å².